The van der Waals surface area contributed by atoms with E-state index in [1.165, 1.54) is 34.6 Å². The summed E-state index contributed by atoms with van der Waals surface area (Å²) in [5.74, 6) is -3.64. The number of nitrogens with one attached hydrogen (secondary N) is 4. The summed E-state index contributed by atoms with van der Waals surface area (Å²) < 4.78 is 0. The Morgan fingerprint density at radius 1 is 0.615 bits per heavy atom. The fraction of sp³-hybridized carbons (Fsp3) is 0.667. The van der Waals surface area contributed by atoms with Gasteiger partial charge < -0.3 is 32.1 Å². The minimum absolute atomic E-state index is 0.511. The van der Waals surface area contributed by atoms with E-state index in [1.807, 2.05) is 0 Å². The average Bonchev–Trinajstić information content (AvgIpc) is 2.53. The van der Waals surface area contributed by atoms with Gasteiger partial charge in [0, 0.05) is 0 Å². The van der Waals surface area contributed by atoms with Gasteiger partial charge in [0.15, 0.2) is 0 Å². The van der Waals surface area contributed by atoms with E-state index in [9.17, 15) is 24.0 Å². The summed E-state index contributed by atoms with van der Waals surface area (Å²) in [4.78, 5) is 58.0. The fourth-order valence-electron chi connectivity index (χ4n) is 1.62. The highest BCUT2D eigenvalue weighted by Gasteiger charge is 2.25. The molecule has 0 aromatic rings. The van der Waals surface area contributed by atoms with Crippen molar-refractivity contribution in [2.24, 2.45) is 5.73 Å². The summed E-state index contributed by atoms with van der Waals surface area (Å²) in [7, 11) is 0. The molecule has 148 valence electrons. The van der Waals surface area contributed by atoms with Crippen molar-refractivity contribution in [1.29, 1.82) is 0 Å². The van der Waals surface area contributed by atoms with Gasteiger partial charge in [0.2, 0.25) is 23.6 Å². The van der Waals surface area contributed by atoms with Gasteiger partial charge in [-0.3, -0.25) is 24.0 Å². The van der Waals surface area contributed by atoms with E-state index >= 15 is 0 Å². The number of aliphatic carboxylic acids is 1. The first-order valence-corrected chi connectivity index (χ1v) is 8.06. The number of hydrogen-bond acceptors (Lipinski definition) is 6. The van der Waals surface area contributed by atoms with E-state index in [2.05, 4.69) is 21.3 Å². The van der Waals surface area contributed by atoms with Gasteiger partial charge >= 0.3 is 5.97 Å². The van der Waals surface area contributed by atoms with Crippen molar-refractivity contribution in [3.05, 3.63) is 0 Å². The Hall–Kier alpha value is -2.69. The van der Waals surface area contributed by atoms with Crippen molar-refractivity contribution in [2.45, 2.75) is 64.8 Å². The molecule has 0 unspecified atom stereocenters. The van der Waals surface area contributed by atoms with Crippen LogP contribution in [0.3, 0.4) is 0 Å². The van der Waals surface area contributed by atoms with Gasteiger partial charge in [0.05, 0.1) is 6.04 Å². The molecule has 0 aliphatic heterocycles. The molecule has 0 bridgehead atoms. The first-order valence-electron chi connectivity index (χ1n) is 8.06. The minimum atomic E-state index is -1.21. The molecule has 0 aromatic carbocycles. The molecule has 0 saturated carbocycles. The van der Waals surface area contributed by atoms with Crippen molar-refractivity contribution in [2.75, 3.05) is 0 Å². The van der Waals surface area contributed by atoms with Gasteiger partial charge in [-0.1, -0.05) is 0 Å². The van der Waals surface area contributed by atoms with E-state index < -0.39 is 59.8 Å². The number of carbonyl (C=O) groups excluding carboxylic acids is 4. The van der Waals surface area contributed by atoms with Crippen LogP contribution in [0, 0.1) is 0 Å². The van der Waals surface area contributed by atoms with Crippen molar-refractivity contribution in [3.63, 3.8) is 0 Å². The molecule has 0 aliphatic carbocycles. The number of hydrogen-bond donors (Lipinski definition) is 6. The fourth-order valence-corrected chi connectivity index (χ4v) is 1.62. The Kier molecular flexibility index (Phi) is 9.27. The lowest BCUT2D eigenvalue weighted by Gasteiger charge is -2.21. The molecule has 11 heteroatoms. The molecule has 0 aliphatic rings. The second-order valence-electron chi connectivity index (χ2n) is 6.05. The van der Waals surface area contributed by atoms with Crippen LogP contribution in [0.2, 0.25) is 0 Å². The molecular formula is C15H27N5O6. The van der Waals surface area contributed by atoms with Gasteiger partial charge in [-0.15, -0.1) is 0 Å². The van der Waals surface area contributed by atoms with Crippen LogP contribution < -0.4 is 27.0 Å². The van der Waals surface area contributed by atoms with Gasteiger partial charge in [-0.05, 0) is 34.6 Å². The maximum atomic E-state index is 12.0. The molecule has 0 radical (unpaired) electrons. The van der Waals surface area contributed by atoms with Crippen LogP contribution in [0.15, 0.2) is 0 Å². The highest BCUT2D eigenvalue weighted by Crippen LogP contribution is 1.92. The molecular weight excluding hydrogens is 346 g/mol. The maximum absolute atomic E-state index is 12.0. The lowest BCUT2D eigenvalue weighted by atomic mass is 10.2. The zero-order valence-corrected chi connectivity index (χ0v) is 15.5. The van der Waals surface area contributed by atoms with Gasteiger partial charge in [0.1, 0.15) is 24.2 Å². The lowest BCUT2D eigenvalue weighted by Crippen LogP contribution is -2.56. The highest BCUT2D eigenvalue weighted by molar-refractivity contribution is 5.94. The van der Waals surface area contributed by atoms with Crippen molar-refractivity contribution in [3.8, 4) is 0 Å². The zero-order chi connectivity index (χ0) is 20.6. The summed E-state index contributed by atoms with van der Waals surface area (Å²) in [5, 5.41) is 18.1. The van der Waals surface area contributed by atoms with E-state index in [4.69, 9.17) is 10.8 Å². The molecule has 26 heavy (non-hydrogen) atoms. The Balaban J connectivity index is 4.54. The summed E-state index contributed by atoms with van der Waals surface area (Å²) in [6.07, 6.45) is 0. The Morgan fingerprint density at radius 3 is 1.15 bits per heavy atom. The minimum Gasteiger partial charge on any atom is -0.480 e. The summed E-state index contributed by atoms with van der Waals surface area (Å²) >= 11 is 0. The predicted molar refractivity (Wildman–Crippen MR) is 91.7 cm³/mol. The third kappa shape index (κ3) is 7.92. The number of carboxylic acids is 1. The molecule has 0 aromatic heterocycles. The SMILES string of the molecule is C[C@H](N)C(=O)N[C@H](C)C(=O)N[C@H](C)C(=O)N[C@H](C)C(=O)N[C@H](C)C(=O)O. The Labute approximate surface area is 151 Å². The molecule has 5 atom stereocenters. The van der Waals surface area contributed by atoms with E-state index in [1.54, 1.807) is 0 Å². The van der Waals surface area contributed by atoms with Crippen LogP contribution >= 0.6 is 0 Å². The standard InChI is InChI=1S/C15H27N5O6/c1-6(16)11(21)17-7(2)12(22)18-8(3)13(23)19-9(4)14(24)20-10(5)15(25)26/h6-10H,16H2,1-5H3,(H,17,21)(H,18,22)(H,19,23)(H,20,24)(H,25,26)/t6-,7+,8+,9+,10+/m0/s1. The van der Waals surface area contributed by atoms with Crippen LogP contribution in [0.5, 0.6) is 0 Å². The van der Waals surface area contributed by atoms with Crippen molar-refractivity contribution >= 4 is 29.6 Å². The van der Waals surface area contributed by atoms with Crippen LogP contribution in [-0.2, 0) is 24.0 Å². The predicted octanol–water partition coefficient (Wildman–Crippen LogP) is -2.56. The Morgan fingerprint density at radius 2 is 0.885 bits per heavy atom. The average molecular weight is 373 g/mol. The van der Waals surface area contributed by atoms with Gasteiger partial charge in [0.25, 0.3) is 0 Å². The first-order chi connectivity index (χ1) is 11.9. The molecule has 0 rings (SSSR count). The number of rotatable bonds is 9. The zero-order valence-electron chi connectivity index (χ0n) is 15.5. The van der Waals surface area contributed by atoms with Crippen LogP contribution in [0.25, 0.3) is 0 Å². The van der Waals surface area contributed by atoms with Crippen molar-refractivity contribution < 1.29 is 29.1 Å². The van der Waals surface area contributed by atoms with Crippen molar-refractivity contribution in [1.82, 2.24) is 21.3 Å². The third-order valence-electron chi connectivity index (χ3n) is 3.40. The van der Waals surface area contributed by atoms with E-state index in [0.29, 0.717) is 0 Å². The number of carboxylic acid groups (broad SMARTS) is 1. The van der Waals surface area contributed by atoms with Gasteiger partial charge in [-0.25, -0.2) is 0 Å². The molecule has 0 fully saturated rings. The number of carbonyl (C=O) groups is 5. The molecule has 4 amide bonds. The number of amides is 4. The Bertz CT molecular complexity index is 565. The normalized spacial score (nSPS) is 16.2. The molecule has 11 nitrogen and oxygen atoms in total. The topological polar surface area (TPSA) is 180 Å². The van der Waals surface area contributed by atoms with E-state index in [0.717, 1.165) is 0 Å². The van der Waals surface area contributed by atoms with Crippen LogP contribution in [0.4, 0.5) is 0 Å². The third-order valence-corrected chi connectivity index (χ3v) is 3.40. The molecule has 0 heterocycles. The van der Waals surface area contributed by atoms with Crippen LogP contribution in [0.1, 0.15) is 34.6 Å². The summed E-state index contributed by atoms with van der Waals surface area (Å²) in [5.41, 5.74) is 5.39. The molecule has 0 saturated heterocycles. The molecule has 7 N–H and O–H groups in total. The van der Waals surface area contributed by atoms with Gasteiger partial charge in [-0.2, -0.15) is 0 Å². The maximum Gasteiger partial charge on any atom is 0.325 e. The first kappa shape index (κ1) is 23.3. The lowest BCUT2D eigenvalue weighted by molar-refractivity contribution is -0.141. The molecule has 0 spiro atoms. The second-order valence-corrected chi connectivity index (χ2v) is 6.05. The van der Waals surface area contributed by atoms with Crippen LogP contribution in [-0.4, -0.2) is 64.9 Å². The monoisotopic (exact) mass is 373 g/mol. The smallest absolute Gasteiger partial charge is 0.325 e. The largest absolute Gasteiger partial charge is 0.480 e. The number of nitrogens with two attached hydrogens (primary N) is 1. The summed E-state index contributed by atoms with van der Waals surface area (Å²) in [6.45, 7) is 6.96. The second kappa shape index (κ2) is 10.3. The highest BCUT2D eigenvalue weighted by atomic mass is 16.4. The summed E-state index contributed by atoms with van der Waals surface area (Å²) in [6, 6.07) is -4.77. The quantitative estimate of drug-likeness (QED) is 0.257. The van der Waals surface area contributed by atoms with E-state index in [-0.39, 0.29) is 0 Å².